The molecular formula is C17H22N2OS. The smallest absolute Gasteiger partial charge is 0.224 e. The molecule has 2 aliphatic rings. The summed E-state index contributed by atoms with van der Waals surface area (Å²) in [5, 5.41) is 3.12. The Bertz CT molecular complexity index is 520. The quantitative estimate of drug-likeness (QED) is 0.761. The molecule has 1 amide bonds. The second-order valence-corrected chi connectivity index (χ2v) is 6.82. The maximum atomic E-state index is 12.1. The SMILES string of the molecule is NC(=S)c1ccc(CC(=O)NCC(C2CC2)C2CC2)cc1. The first kappa shape index (κ1) is 14.5. The molecule has 2 saturated carbocycles. The van der Waals surface area contributed by atoms with E-state index in [-0.39, 0.29) is 5.91 Å². The molecule has 2 fully saturated rings. The van der Waals surface area contributed by atoms with Crippen LogP contribution in [-0.4, -0.2) is 17.4 Å². The molecule has 0 saturated heterocycles. The summed E-state index contributed by atoms with van der Waals surface area (Å²) in [6.45, 7) is 0.860. The van der Waals surface area contributed by atoms with E-state index in [1.165, 1.54) is 25.7 Å². The Balaban J connectivity index is 1.48. The third-order valence-corrected chi connectivity index (χ3v) is 4.83. The van der Waals surface area contributed by atoms with Gasteiger partial charge in [0.2, 0.25) is 5.91 Å². The lowest BCUT2D eigenvalue weighted by molar-refractivity contribution is -0.120. The van der Waals surface area contributed by atoms with Gasteiger partial charge in [0.15, 0.2) is 0 Å². The summed E-state index contributed by atoms with van der Waals surface area (Å²) in [7, 11) is 0. The molecule has 4 heteroatoms. The van der Waals surface area contributed by atoms with Crippen molar-refractivity contribution >= 4 is 23.1 Å². The Morgan fingerprint density at radius 3 is 2.24 bits per heavy atom. The minimum atomic E-state index is 0.115. The van der Waals surface area contributed by atoms with Gasteiger partial charge in [-0.3, -0.25) is 4.79 Å². The van der Waals surface area contributed by atoms with E-state index in [1.54, 1.807) is 0 Å². The van der Waals surface area contributed by atoms with Crippen LogP contribution in [-0.2, 0) is 11.2 Å². The first-order chi connectivity index (χ1) is 10.1. The molecule has 112 valence electrons. The zero-order valence-electron chi connectivity index (χ0n) is 12.2. The molecule has 21 heavy (non-hydrogen) atoms. The van der Waals surface area contributed by atoms with Crippen molar-refractivity contribution in [2.45, 2.75) is 32.1 Å². The van der Waals surface area contributed by atoms with E-state index in [2.05, 4.69) is 5.32 Å². The van der Waals surface area contributed by atoms with Crippen molar-refractivity contribution in [3.05, 3.63) is 35.4 Å². The molecule has 0 spiro atoms. The summed E-state index contributed by atoms with van der Waals surface area (Å²) < 4.78 is 0. The largest absolute Gasteiger partial charge is 0.389 e. The van der Waals surface area contributed by atoms with E-state index in [4.69, 9.17) is 18.0 Å². The molecule has 0 bridgehead atoms. The molecule has 0 aromatic heterocycles. The van der Waals surface area contributed by atoms with Crippen LogP contribution in [0.4, 0.5) is 0 Å². The highest BCUT2D eigenvalue weighted by molar-refractivity contribution is 7.80. The number of hydrogen-bond acceptors (Lipinski definition) is 2. The van der Waals surface area contributed by atoms with Crippen LogP contribution in [0.25, 0.3) is 0 Å². The lowest BCUT2D eigenvalue weighted by atomic mass is 9.98. The fourth-order valence-electron chi connectivity index (χ4n) is 3.03. The fourth-order valence-corrected chi connectivity index (χ4v) is 3.17. The number of amides is 1. The van der Waals surface area contributed by atoms with Gasteiger partial charge in [0, 0.05) is 12.1 Å². The molecule has 3 N–H and O–H groups in total. The van der Waals surface area contributed by atoms with Crippen LogP contribution in [0.2, 0.25) is 0 Å². The molecule has 1 aromatic rings. The number of nitrogens with one attached hydrogen (secondary N) is 1. The van der Waals surface area contributed by atoms with Gasteiger partial charge in [-0.25, -0.2) is 0 Å². The minimum Gasteiger partial charge on any atom is -0.389 e. The van der Waals surface area contributed by atoms with Crippen molar-refractivity contribution in [3.63, 3.8) is 0 Å². The van der Waals surface area contributed by atoms with Crippen LogP contribution < -0.4 is 11.1 Å². The van der Waals surface area contributed by atoms with Crippen LogP contribution in [0.15, 0.2) is 24.3 Å². The van der Waals surface area contributed by atoms with Gasteiger partial charge in [0.05, 0.1) is 6.42 Å². The van der Waals surface area contributed by atoms with E-state index in [1.807, 2.05) is 24.3 Å². The first-order valence-corrected chi connectivity index (χ1v) is 8.20. The molecule has 3 rings (SSSR count). The highest BCUT2D eigenvalue weighted by Crippen LogP contribution is 2.48. The third-order valence-electron chi connectivity index (χ3n) is 4.59. The fraction of sp³-hybridized carbons (Fsp3) is 0.529. The van der Waals surface area contributed by atoms with Crippen molar-refractivity contribution in [3.8, 4) is 0 Å². The normalized spacial score (nSPS) is 17.8. The molecule has 1 aromatic carbocycles. The highest BCUT2D eigenvalue weighted by Gasteiger charge is 2.41. The molecule has 0 heterocycles. The van der Waals surface area contributed by atoms with Crippen LogP contribution in [0.3, 0.4) is 0 Å². The van der Waals surface area contributed by atoms with E-state index in [9.17, 15) is 4.79 Å². The molecule has 3 nitrogen and oxygen atoms in total. The van der Waals surface area contributed by atoms with Gasteiger partial charge in [-0.1, -0.05) is 36.5 Å². The number of rotatable bonds is 7. The van der Waals surface area contributed by atoms with Gasteiger partial charge in [0.1, 0.15) is 4.99 Å². The summed E-state index contributed by atoms with van der Waals surface area (Å²) in [5.41, 5.74) is 7.41. The van der Waals surface area contributed by atoms with Gasteiger partial charge in [0.25, 0.3) is 0 Å². The second kappa shape index (κ2) is 6.14. The summed E-state index contributed by atoms with van der Waals surface area (Å²) in [6, 6.07) is 7.60. The zero-order chi connectivity index (χ0) is 14.8. The molecule has 0 unspecified atom stereocenters. The van der Waals surface area contributed by atoms with Crippen molar-refractivity contribution in [1.29, 1.82) is 0 Å². The van der Waals surface area contributed by atoms with E-state index >= 15 is 0 Å². The predicted octanol–water partition coefficient (Wildman–Crippen LogP) is 2.42. The number of hydrogen-bond donors (Lipinski definition) is 2. The van der Waals surface area contributed by atoms with E-state index in [0.29, 0.717) is 11.4 Å². The Kier molecular flexibility index (Phi) is 4.24. The van der Waals surface area contributed by atoms with Crippen molar-refractivity contribution in [2.75, 3.05) is 6.54 Å². The van der Waals surface area contributed by atoms with Crippen LogP contribution in [0, 0.1) is 17.8 Å². The van der Waals surface area contributed by atoms with Crippen molar-refractivity contribution in [1.82, 2.24) is 5.32 Å². The Labute approximate surface area is 131 Å². The van der Waals surface area contributed by atoms with E-state index in [0.717, 1.165) is 35.4 Å². The minimum absolute atomic E-state index is 0.115. The van der Waals surface area contributed by atoms with Crippen molar-refractivity contribution in [2.24, 2.45) is 23.5 Å². The Hall–Kier alpha value is -1.42. The van der Waals surface area contributed by atoms with Gasteiger partial charge >= 0.3 is 0 Å². The molecular weight excluding hydrogens is 280 g/mol. The van der Waals surface area contributed by atoms with Crippen LogP contribution >= 0.6 is 12.2 Å². The third kappa shape index (κ3) is 4.03. The standard InChI is InChI=1S/C17H22N2OS/c18-17(21)14-3-1-11(2-4-14)9-16(20)19-10-15(12-5-6-12)13-7-8-13/h1-4,12-13,15H,5-10H2,(H2,18,21)(H,19,20). The summed E-state index contributed by atoms with van der Waals surface area (Å²) in [4.78, 5) is 12.5. The number of thiocarbonyl (C=S) groups is 1. The van der Waals surface area contributed by atoms with Crippen LogP contribution in [0.5, 0.6) is 0 Å². The lowest BCUT2D eigenvalue weighted by Crippen LogP contribution is -2.32. The zero-order valence-corrected chi connectivity index (χ0v) is 13.0. The topological polar surface area (TPSA) is 55.1 Å². The van der Waals surface area contributed by atoms with Gasteiger partial charge in [-0.15, -0.1) is 0 Å². The van der Waals surface area contributed by atoms with Crippen molar-refractivity contribution < 1.29 is 4.79 Å². The molecule has 0 radical (unpaired) electrons. The summed E-state index contributed by atoms with van der Waals surface area (Å²) >= 11 is 4.92. The Morgan fingerprint density at radius 1 is 1.19 bits per heavy atom. The average molecular weight is 302 g/mol. The number of carbonyl (C=O) groups is 1. The van der Waals surface area contributed by atoms with Gasteiger partial charge in [-0.05, 0) is 49.0 Å². The average Bonchev–Trinajstić information content (AvgIpc) is 3.33. The van der Waals surface area contributed by atoms with Gasteiger partial charge in [-0.2, -0.15) is 0 Å². The summed E-state index contributed by atoms with van der Waals surface area (Å²) in [6.07, 6.45) is 5.86. The number of benzene rings is 1. The van der Waals surface area contributed by atoms with E-state index < -0.39 is 0 Å². The lowest BCUT2D eigenvalue weighted by Gasteiger charge is -2.16. The maximum Gasteiger partial charge on any atom is 0.224 e. The monoisotopic (exact) mass is 302 g/mol. The maximum absolute atomic E-state index is 12.1. The predicted molar refractivity (Wildman–Crippen MR) is 88.0 cm³/mol. The Morgan fingerprint density at radius 2 is 1.76 bits per heavy atom. The van der Waals surface area contributed by atoms with Crippen LogP contribution in [0.1, 0.15) is 36.8 Å². The molecule has 0 aliphatic heterocycles. The highest BCUT2D eigenvalue weighted by atomic mass is 32.1. The molecule has 0 atom stereocenters. The molecule has 2 aliphatic carbocycles. The number of nitrogens with two attached hydrogens (primary N) is 1. The first-order valence-electron chi connectivity index (χ1n) is 7.79. The number of carbonyl (C=O) groups excluding carboxylic acids is 1. The van der Waals surface area contributed by atoms with Gasteiger partial charge < -0.3 is 11.1 Å². The summed E-state index contributed by atoms with van der Waals surface area (Å²) in [5.74, 6) is 2.60. The second-order valence-electron chi connectivity index (χ2n) is 6.38.